The average molecular weight is 250 g/mol. The zero-order valence-electron chi connectivity index (χ0n) is 11.9. The third kappa shape index (κ3) is 5.41. The van der Waals surface area contributed by atoms with Crippen LogP contribution >= 0.6 is 0 Å². The van der Waals surface area contributed by atoms with Crippen LogP contribution in [0.3, 0.4) is 0 Å². The van der Waals surface area contributed by atoms with Gasteiger partial charge in [0.25, 0.3) is 0 Å². The first-order valence-electron chi connectivity index (χ1n) is 6.99. The highest BCUT2D eigenvalue weighted by Gasteiger charge is 1.99. The number of nitrogens with zero attached hydrogens (tertiary/aromatic N) is 1. The third-order valence-corrected chi connectivity index (χ3v) is 2.96. The van der Waals surface area contributed by atoms with E-state index in [9.17, 15) is 0 Å². The maximum atomic E-state index is 5.62. The lowest BCUT2D eigenvalue weighted by Crippen LogP contribution is -2.28. The third-order valence-electron chi connectivity index (χ3n) is 2.96. The monoisotopic (exact) mass is 250 g/mol. The number of ether oxygens (including phenoxy) is 1. The molecule has 1 aromatic rings. The van der Waals surface area contributed by atoms with E-state index in [1.165, 1.54) is 0 Å². The summed E-state index contributed by atoms with van der Waals surface area (Å²) in [4.78, 5) is 2.41. The molecule has 1 aromatic carbocycles. The summed E-state index contributed by atoms with van der Waals surface area (Å²) in [7, 11) is 0. The summed E-state index contributed by atoms with van der Waals surface area (Å²) >= 11 is 0. The molecule has 3 nitrogen and oxygen atoms in total. The summed E-state index contributed by atoms with van der Waals surface area (Å²) in [5, 5.41) is 3.44. The second-order valence-electron chi connectivity index (χ2n) is 4.33. The Morgan fingerprint density at radius 2 is 1.94 bits per heavy atom. The molecule has 0 aliphatic carbocycles. The molecule has 0 saturated carbocycles. The average Bonchev–Trinajstić information content (AvgIpc) is 2.42. The highest BCUT2D eigenvalue weighted by molar-refractivity contribution is 5.48. The van der Waals surface area contributed by atoms with E-state index in [-0.39, 0.29) is 0 Å². The van der Waals surface area contributed by atoms with E-state index >= 15 is 0 Å². The molecule has 0 unspecified atom stereocenters. The highest BCUT2D eigenvalue weighted by Crippen LogP contribution is 2.17. The van der Waals surface area contributed by atoms with Crippen LogP contribution in [-0.2, 0) is 0 Å². The van der Waals surface area contributed by atoms with Crippen LogP contribution in [-0.4, -0.2) is 37.7 Å². The molecule has 0 atom stereocenters. The van der Waals surface area contributed by atoms with Crippen molar-refractivity contribution in [3.63, 3.8) is 0 Å². The number of benzene rings is 1. The molecule has 1 N–H and O–H groups in total. The van der Waals surface area contributed by atoms with Crippen molar-refractivity contribution in [2.75, 3.05) is 38.1 Å². The minimum Gasteiger partial charge on any atom is -0.494 e. The standard InChI is InChI=1S/C15H26N2O/c1-4-12-18-15-9-7-8-14(13-15)16-10-11-17(5-2)6-3/h7-9,13,16H,4-6,10-12H2,1-3H3. The van der Waals surface area contributed by atoms with Crippen LogP contribution in [0.1, 0.15) is 27.2 Å². The van der Waals surface area contributed by atoms with Crippen LogP contribution in [0.5, 0.6) is 5.75 Å². The number of hydrogen-bond donors (Lipinski definition) is 1. The van der Waals surface area contributed by atoms with E-state index in [0.29, 0.717) is 0 Å². The van der Waals surface area contributed by atoms with Crippen molar-refractivity contribution < 1.29 is 4.74 Å². The van der Waals surface area contributed by atoms with Gasteiger partial charge in [0.05, 0.1) is 6.61 Å². The SMILES string of the molecule is CCCOc1cccc(NCCN(CC)CC)c1. The fourth-order valence-electron chi connectivity index (χ4n) is 1.81. The summed E-state index contributed by atoms with van der Waals surface area (Å²) in [5.74, 6) is 0.949. The van der Waals surface area contributed by atoms with Crippen LogP contribution in [0.15, 0.2) is 24.3 Å². The minimum atomic E-state index is 0.781. The van der Waals surface area contributed by atoms with E-state index < -0.39 is 0 Å². The molecule has 3 heteroatoms. The highest BCUT2D eigenvalue weighted by atomic mass is 16.5. The van der Waals surface area contributed by atoms with Gasteiger partial charge in [-0.25, -0.2) is 0 Å². The minimum absolute atomic E-state index is 0.781. The van der Waals surface area contributed by atoms with Gasteiger partial charge in [-0.2, -0.15) is 0 Å². The quantitative estimate of drug-likeness (QED) is 0.728. The Kier molecular flexibility index (Phi) is 7.26. The molecule has 0 aliphatic heterocycles. The molecule has 0 amide bonds. The zero-order valence-corrected chi connectivity index (χ0v) is 11.9. The molecule has 0 radical (unpaired) electrons. The number of hydrogen-bond acceptors (Lipinski definition) is 3. The van der Waals surface area contributed by atoms with Crippen molar-refractivity contribution in [2.24, 2.45) is 0 Å². The van der Waals surface area contributed by atoms with Gasteiger partial charge in [-0.3, -0.25) is 0 Å². The fraction of sp³-hybridized carbons (Fsp3) is 0.600. The van der Waals surface area contributed by atoms with Crippen LogP contribution in [0.2, 0.25) is 0 Å². The second kappa shape index (κ2) is 8.81. The Morgan fingerprint density at radius 1 is 1.17 bits per heavy atom. The fourth-order valence-corrected chi connectivity index (χ4v) is 1.81. The van der Waals surface area contributed by atoms with Gasteiger partial charge in [0, 0.05) is 24.8 Å². The second-order valence-corrected chi connectivity index (χ2v) is 4.33. The molecular formula is C15H26N2O. The zero-order chi connectivity index (χ0) is 13.2. The molecule has 0 heterocycles. The van der Waals surface area contributed by atoms with Gasteiger partial charge in [-0.05, 0) is 31.6 Å². The molecule has 0 bridgehead atoms. The summed E-state index contributed by atoms with van der Waals surface area (Å²) in [6, 6.07) is 8.19. The van der Waals surface area contributed by atoms with E-state index in [1.54, 1.807) is 0 Å². The van der Waals surface area contributed by atoms with Gasteiger partial charge >= 0.3 is 0 Å². The van der Waals surface area contributed by atoms with Gasteiger partial charge in [0.2, 0.25) is 0 Å². The Bertz CT molecular complexity index is 324. The van der Waals surface area contributed by atoms with Crippen LogP contribution in [0.25, 0.3) is 0 Å². The lowest BCUT2D eigenvalue weighted by atomic mass is 10.3. The van der Waals surface area contributed by atoms with Crippen LogP contribution in [0, 0.1) is 0 Å². The number of nitrogens with one attached hydrogen (secondary N) is 1. The lowest BCUT2D eigenvalue weighted by Gasteiger charge is -2.18. The maximum Gasteiger partial charge on any atom is 0.121 e. The maximum absolute atomic E-state index is 5.62. The molecule has 0 spiro atoms. The largest absolute Gasteiger partial charge is 0.494 e. The van der Waals surface area contributed by atoms with E-state index in [2.05, 4.69) is 43.1 Å². The topological polar surface area (TPSA) is 24.5 Å². The first kappa shape index (κ1) is 14.8. The smallest absolute Gasteiger partial charge is 0.121 e. The van der Waals surface area contributed by atoms with E-state index in [1.807, 2.05) is 12.1 Å². The van der Waals surface area contributed by atoms with Crippen LogP contribution < -0.4 is 10.1 Å². The molecule has 0 fully saturated rings. The number of anilines is 1. The predicted molar refractivity (Wildman–Crippen MR) is 78.5 cm³/mol. The van der Waals surface area contributed by atoms with Crippen molar-refractivity contribution in [3.05, 3.63) is 24.3 Å². The summed E-state index contributed by atoms with van der Waals surface area (Å²) < 4.78 is 5.62. The number of rotatable bonds is 9. The van der Waals surface area contributed by atoms with E-state index in [0.717, 1.165) is 50.6 Å². The van der Waals surface area contributed by atoms with Crippen LogP contribution in [0.4, 0.5) is 5.69 Å². The first-order chi connectivity index (χ1) is 8.80. The van der Waals surface area contributed by atoms with E-state index in [4.69, 9.17) is 4.74 Å². The van der Waals surface area contributed by atoms with Gasteiger partial charge in [0.15, 0.2) is 0 Å². The molecule has 102 valence electrons. The molecule has 18 heavy (non-hydrogen) atoms. The Hall–Kier alpha value is -1.22. The molecular weight excluding hydrogens is 224 g/mol. The van der Waals surface area contributed by atoms with Crippen molar-refractivity contribution in [2.45, 2.75) is 27.2 Å². The van der Waals surface area contributed by atoms with Gasteiger partial charge in [0.1, 0.15) is 5.75 Å². The Labute approximate surface area is 111 Å². The lowest BCUT2D eigenvalue weighted by molar-refractivity contribution is 0.315. The Morgan fingerprint density at radius 3 is 2.61 bits per heavy atom. The summed E-state index contributed by atoms with van der Waals surface area (Å²) in [6.07, 6.45) is 1.04. The van der Waals surface area contributed by atoms with Crippen molar-refractivity contribution >= 4 is 5.69 Å². The molecule has 0 aliphatic rings. The van der Waals surface area contributed by atoms with Crippen molar-refractivity contribution in [3.8, 4) is 5.75 Å². The summed E-state index contributed by atoms with van der Waals surface area (Å²) in [5.41, 5.74) is 1.13. The van der Waals surface area contributed by atoms with Gasteiger partial charge < -0.3 is 15.0 Å². The van der Waals surface area contributed by atoms with Gasteiger partial charge in [-0.1, -0.05) is 26.8 Å². The van der Waals surface area contributed by atoms with Gasteiger partial charge in [-0.15, -0.1) is 0 Å². The van der Waals surface area contributed by atoms with Crippen molar-refractivity contribution in [1.82, 2.24) is 4.90 Å². The molecule has 0 aromatic heterocycles. The Balaban J connectivity index is 2.37. The summed E-state index contributed by atoms with van der Waals surface area (Å²) in [6.45, 7) is 11.6. The molecule has 0 saturated heterocycles. The van der Waals surface area contributed by atoms with Crippen molar-refractivity contribution in [1.29, 1.82) is 0 Å². The molecule has 1 rings (SSSR count). The normalized spacial score (nSPS) is 10.7. The predicted octanol–water partition coefficient (Wildman–Crippen LogP) is 3.23. The number of likely N-dealkylation sites (N-methyl/N-ethyl adjacent to an activating group) is 1. The first-order valence-corrected chi connectivity index (χ1v) is 6.99.